The van der Waals surface area contributed by atoms with E-state index in [2.05, 4.69) is 13.8 Å². The molecule has 0 N–H and O–H groups in total. The van der Waals surface area contributed by atoms with Gasteiger partial charge in [0.1, 0.15) is 0 Å². The zero-order valence-electron chi connectivity index (χ0n) is 8.91. The molecule has 0 aromatic rings. The second-order valence-corrected chi connectivity index (χ2v) is 4.47. The fraction of sp³-hybridized carbons (Fsp3) is 1.00. The first kappa shape index (κ1) is 13.6. The van der Waals surface area contributed by atoms with E-state index in [1.54, 1.807) is 0 Å². The van der Waals surface area contributed by atoms with E-state index >= 15 is 0 Å². The first-order valence-electron chi connectivity index (χ1n) is 5.36. The predicted molar refractivity (Wildman–Crippen MR) is 62.9 cm³/mol. The van der Waals surface area contributed by atoms with Gasteiger partial charge in [0.2, 0.25) is 0 Å². The van der Waals surface area contributed by atoms with Crippen LogP contribution < -0.4 is 0 Å². The molecule has 0 saturated carbocycles. The predicted octanol–water partition coefficient (Wildman–Crippen LogP) is 4.83. The highest BCUT2D eigenvalue weighted by molar-refractivity contribution is 6.21. The summed E-state index contributed by atoms with van der Waals surface area (Å²) in [5.74, 6) is 1.41. The first-order valence-corrected chi connectivity index (χ1v) is 6.43. The highest BCUT2D eigenvalue weighted by Crippen LogP contribution is 2.31. The Morgan fingerprint density at radius 2 is 1.54 bits per heavy atom. The van der Waals surface area contributed by atoms with Gasteiger partial charge in [-0.15, -0.1) is 23.2 Å². The van der Waals surface area contributed by atoms with Crippen molar-refractivity contribution in [2.24, 2.45) is 5.41 Å². The third-order valence-electron chi connectivity index (χ3n) is 2.88. The van der Waals surface area contributed by atoms with E-state index in [4.69, 9.17) is 23.2 Å². The van der Waals surface area contributed by atoms with E-state index in [0.717, 1.165) is 6.42 Å². The van der Waals surface area contributed by atoms with Crippen LogP contribution in [-0.2, 0) is 0 Å². The molecule has 0 amide bonds. The molecule has 0 aromatic carbocycles. The van der Waals surface area contributed by atoms with Crippen LogP contribution in [0.4, 0.5) is 0 Å². The van der Waals surface area contributed by atoms with E-state index in [1.165, 1.54) is 32.1 Å². The number of rotatable bonds is 8. The van der Waals surface area contributed by atoms with Gasteiger partial charge in [0.15, 0.2) is 0 Å². The maximum Gasteiger partial charge on any atom is 0.0291 e. The highest BCUT2D eigenvalue weighted by Gasteiger charge is 2.25. The zero-order chi connectivity index (χ0) is 10.2. The number of hydrogen-bond acceptors (Lipinski definition) is 0. The number of alkyl halides is 2. The SMILES string of the molecule is CCCCCCC(CC)(CCl)CCl. The van der Waals surface area contributed by atoms with Gasteiger partial charge in [-0.05, 0) is 18.3 Å². The van der Waals surface area contributed by atoms with E-state index in [9.17, 15) is 0 Å². The molecule has 0 fully saturated rings. The molecule has 0 aliphatic rings. The molecule has 0 saturated heterocycles. The Morgan fingerprint density at radius 1 is 0.923 bits per heavy atom. The summed E-state index contributed by atoms with van der Waals surface area (Å²) in [4.78, 5) is 0. The quantitative estimate of drug-likeness (QED) is 0.410. The maximum absolute atomic E-state index is 5.95. The van der Waals surface area contributed by atoms with E-state index < -0.39 is 0 Å². The zero-order valence-corrected chi connectivity index (χ0v) is 10.4. The lowest BCUT2D eigenvalue weighted by atomic mass is 9.84. The summed E-state index contributed by atoms with van der Waals surface area (Å²) < 4.78 is 0. The van der Waals surface area contributed by atoms with E-state index in [1.807, 2.05) is 0 Å². The Kier molecular flexibility index (Phi) is 8.29. The van der Waals surface area contributed by atoms with Crippen molar-refractivity contribution in [1.82, 2.24) is 0 Å². The molecule has 80 valence electrons. The van der Waals surface area contributed by atoms with Gasteiger partial charge < -0.3 is 0 Å². The number of unbranched alkanes of at least 4 members (excludes halogenated alkanes) is 3. The fourth-order valence-corrected chi connectivity index (χ4v) is 2.39. The van der Waals surface area contributed by atoms with Gasteiger partial charge in [0.05, 0.1) is 0 Å². The topological polar surface area (TPSA) is 0 Å². The Balaban J connectivity index is 3.68. The second-order valence-electron chi connectivity index (χ2n) is 3.93. The van der Waals surface area contributed by atoms with Crippen molar-refractivity contribution in [3.63, 3.8) is 0 Å². The van der Waals surface area contributed by atoms with Crippen LogP contribution in [0.1, 0.15) is 52.4 Å². The Bertz CT molecular complexity index is 100. The third kappa shape index (κ3) is 5.12. The second kappa shape index (κ2) is 7.94. The van der Waals surface area contributed by atoms with Gasteiger partial charge in [-0.2, -0.15) is 0 Å². The van der Waals surface area contributed by atoms with Crippen LogP contribution in [0.2, 0.25) is 0 Å². The minimum Gasteiger partial charge on any atom is -0.126 e. The molecule has 0 aliphatic heterocycles. The molecular weight excluding hydrogens is 203 g/mol. The lowest BCUT2D eigenvalue weighted by molar-refractivity contribution is 0.319. The first-order chi connectivity index (χ1) is 6.24. The van der Waals surface area contributed by atoms with Crippen LogP contribution in [0.25, 0.3) is 0 Å². The molecule has 0 rings (SSSR count). The molecule has 0 radical (unpaired) electrons. The molecule has 0 heterocycles. The van der Waals surface area contributed by atoms with Crippen molar-refractivity contribution < 1.29 is 0 Å². The monoisotopic (exact) mass is 224 g/mol. The fourth-order valence-electron chi connectivity index (χ4n) is 1.46. The van der Waals surface area contributed by atoms with Crippen LogP contribution in [0, 0.1) is 5.41 Å². The summed E-state index contributed by atoms with van der Waals surface area (Å²) in [6.45, 7) is 4.42. The Hall–Kier alpha value is 0.580. The van der Waals surface area contributed by atoms with Crippen molar-refractivity contribution in [3.05, 3.63) is 0 Å². The number of hydrogen-bond donors (Lipinski definition) is 0. The van der Waals surface area contributed by atoms with Gasteiger partial charge in [-0.3, -0.25) is 0 Å². The van der Waals surface area contributed by atoms with Crippen molar-refractivity contribution in [2.75, 3.05) is 11.8 Å². The molecule has 2 heteroatoms. The average molecular weight is 225 g/mol. The summed E-state index contributed by atoms with van der Waals surface area (Å²) in [6.07, 6.45) is 7.53. The summed E-state index contributed by atoms with van der Waals surface area (Å²) in [6, 6.07) is 0. The molecule has 0 atom stereocenters. The minimum absolute atomic E-state index is 0.205. The van der Waals surface area contributed by atoms with Crippen LogP contribution in [-0.4, -0.2) is 11.8 Å². The van der Waals surface area contributed by atoms with Gasteiger partial charge >= 0.3 is 0 Å². The van der Waals surface area contributed by atoms with Gasteiger partial charge in [-0.25, -0.2) is 0 Å². The van der Waals surface area contributed by atoms with Crippen molar-refractivity contribution >= 4 is 23.2 Å². The van der Waals surface area contributed by atoms with E-state index in [-0.39, 0.29) is 5.41 Å². The van der Waals surface area contributed by atoms with Gasteiger partial charge in [0.25, 0.3) is 0 Å². The van der Waals surface area contributed by atoms with Crippen LogP contribution in [0.5, 0.6) is 0 Å². The highest BCUT2D eigenvalue weighted by atomic mass is 35.5. The Labute approximate surface area is 93.0 Å². The van der Waals surface area contributed by atoms with Crippen molar-refractivity contribution in [3.8, 4) is 0 Å². The van der Waals surface area contributed by atoms with E-state index in [0.29, 0.717) is 11.8 Å². The van der Waals surface area contributed by atoms with Crippen molar-refractivity contribution in [2.45, 2.75) is 52.4 Å². The molecule has 0 nitrogen and oxygen atoms in total. The maximum atomic E-state index is 5.95. The molecule has 0 bridgehead atoms. The molecule has 0 spiro atoms. The lowest BCUT2D eigenvalue weighted by Gasteiger charge is -2.27. The number of halogens is 2. The normalized spacial score (nSPS) is 12.0. The third-order valence-corrected chi connectivity index (χ3v) is 4.01. The smallest absolute Gasteiger partial charge is 0.0291 e. The largest absolute Gasteiger partial charge is 0.126 e. The summed E-state index contributed by atoms with van der Waals surface area (Å²) in [5, 5.41) is 0. The molecule has 0 aliphatic carbocycles. The summed E-state index contributed by atoms with van der Waals surface area (Å²) >= 11 is 11.9. The molecule has 13 heavy (non-hydrogen) atoms. The van der Waals surface area contributed by atoms with Gasteiger partial charge in [0, 0.05) is 11.8 Å². The summed E-state index contributed by atoms with van der Waals surface area (Å²) in [5.41, 5.74) is 0.205. The minimum atomic E-state index is 0.205. The van der Waals surface area contributed by atoms with Gasteiger partial charge in [-0.1, -0.05) is 39.5 Å². The van der Waals surface area contributed by atoms with Crippen LogP contribution >= 0.6 is 23.2 Å². The summed E-state index contributed by atoms with van der Waals surface area (Å²) in [7, 11) is 0. The molecular formula is C11H22Cl2. The van der Waals surface area contributed by atoms with Crippen LogP contribution in [0.3, 0.4) is 0 Å². The average Bonchev–Trinajstić information content (AvgIpc) is 2.20. The Morgan fingerprint density at radius 3 is 1.92 bits per heavy atom. The lowest BCUT2D eigenvalue weighted by Crippen LogP contribution is -2.24. The molecule has 0 unspecified atom stereocenters. The van der Waals surface area contributed by atoms with Crippen molar-refractivity contribution in [1.29, 1.82) is 0 Å². The molecule has 0 aromatic heterocycles. The standard InChI is InChI=1S/C11H22Cl2/c1-3-5-6-7-8-11(4-2,9-12)10-13/h3-10H2,1-2H3. The van der Waals surface area contributed by atoms with Crippen LogP contribution in [0.15, 0.2) is 0 Å².